The summed E-state index contributed by atoms with van der Waals surface area (Å²) in [5.41, 5.74) is 0.774. The van der Waals surface area contributed by atoms with E-state index in [2.05, 4.69) is 20.5 Å². The lowest BCUT2D eigenvalue weighted by atomic mass is 10.1. The van der Waals surface area contributed by atoms with Crippen LogP contribution in [0, 0.1) is 5.92 Å². The molecule has 0 radical (unpaired) electrons. The van der Waals surface area contributed by atoms with Gasteiger partial charge >= 0.3 is 5.97 Å². The van der Waals surface area contributed by atoms with Crippen LogP contribution in [0.15, 0.2) is 55.1 Å². The van der Waals surface area contributed by atoms with Crippen LogP contribution in [0.2, 0.25) is 0 Å². The molecule has 8 heteroatoms. The first-order chi connectivity index (χ1) is 13.0. The number of carbonyl (C=O) groups excluding carboxylic acids is 2. The van der Waals surface area contributed by atoms with Crippen LogP contribution in [0.4, 0.5) is 5.69 Å². The molecule has 8 nitrogen and oxygen atoms in total. The van der Waals surface area contributed by atoms with Crippen LogP contribution in [0.3, 0.4) is 0 Å². The van der Waals surface area contributed by atoms with Crippen LogP contribution < -0.4 is 5.32 Å². The number of hydrogen-bond donors (Lipinski definition) is 1. The number of nitrogens with zero attached hydrogens (tertiary/aromatic N) is 4. The number of benzene rings is 1. The van der Waals surface area contributed by atoms with Gasteiger partial charge < -0.3 is 10.1 Å². The maximum Gasteiger partial charge on any atom is 0.340 e. The van der Waals surface area contributed by atoms with Gasteiger partial charge in [-0.15, -0.1) is 10.2 Å². The Bertz CT molecular complexity index is 921. The summed E-state index contributed by atoms with van der Waals surface area (Å²) in [4.78, 5) is 28.7. The van der Waals surface area contributed by atoms with Crippen LogP contribution in [-0.2, 0) is 4.74 Å². The highest BCUT2D eigenvalue weighted by atomic mass is 16.5. The predicted molar refractivity (Wildman–Crippen MR) is 98.7 cm³/mol. The zero-order valence-electron chi connectivity index (χ0n) is 15.0. The number of ether oxygens (including phenoxy) is 1. The Kier molecular flexibility index (Phi) is 5.55. The van der Waals surface area contributed by atoms with Gasteiger partial charge in [0.05, 0.1) is 17.9 Å². The summed E-state index contributed by atoms with van der Waals surface area (Å²) < 4.78 is 6.92. The van der Waals surface area contributed by atoms with Gasteiger partial charge in [0.25, 0.3) is 5.91 Å². The van der Waals surface area contributed by atoms with Gasteiger partial charge in [-0.1, -0.05) is 26.0 Å². The second-order valence-electron chi connectivity index (χ2n) is 6.24. The average Bonchev–Trinajstić information content (AvgIpc) is 3.21. The molecule has 0 aliphatic rings. The van der Waals surface area contributed by atoms with Gasteiger partial charge in [0.15, 0.2) is 11.5 Å². The third-order valence-corrected chi connectivity index (χ3v) is 3.59. The van der Waals surface area contributed by atoms with E-state index in [-0.39, 0.29) is 17.2 Å². The highest BCUT2D eigenvalue weighted by molar-refractivity contribution is 6.07. The van der Waals surface area contributed by atoms with Crippen LogP contribution >= 0.6 is 0 Å². The number of rotatable bonds is 6. The molecule has 1 amide bonds. The topological polar surface area (TPSA) is 99.0 Å². The Labute approximate surface area is 156 Å². The molecule has 3 aromatic rings. The molecular weight excluding hydrogens is 346 g/mol. The highest BCUT2D eigenvalue weighted by Crippen LogP contribution is 2.17. The molecule has 0 aliphatic heterocycles. The minimum Gasteiger partial charge on any atom is -0.462 e. The lowest BCUT2D eigenvalue weighted by Gasteiger charge is -2.11. The molecule has 2 heterocycles. The summed E-state index contributed by atoms with van der Waals surface area (Å²) in [6.07, 6.45) is 4.93. The van der Waals surface area contributed by atoms with Crippen LogP contribution in [0.5, 0.6) is 0 Å². The Morgan fingerprint density at radius 3 is 2.63 bits per heavy atom. The summed E-state index contributed by atoms with van der Waals surface area (Å²) >= 11 is 0. The van der Waals surface area contributed by atoms with Gasteiger partial charge in [-0.25, -0.2) is 9.78 Å². The number of amides is 1. The molecule has 0 unspecified atom stereocenters. The Balaban J connectivity index is 1.73. The molecule has 1 N–H and O–H groups in total. The third-order valence-electron chi connectivity index (χ3n) is 3.59. The van der Waals surface area contributed by atoms with Crippen LogP contribution in [-0.4, -0.2) is 38.2 Å². The predicted octanol–water partition coefficient (Wildman–Crippen LogP) is 2.73. The fourth-order valence-electron chi connectivity index (χ4n) is 2.26. The average molecular weight is 365 g/mol. The highest BCUT2D eigenvalue weighted by Gasteiger charge is 2.16. The fourth-order valence-corrected chi connectivity index (χ4v) is 2.26. The van der Waals surface area contributed by atoms with Gasteiger partial charge in [0, 0.05) is 12.4 Å². The van der Waals surface area contributed by atoms with Crippen LogP contribution in [0.1, 0.15) is 34.7 Å². The molecule has 2 aromatic heterocycles. The van der Waals surface area contributed by atoms with E-state index in [1.165, 1.54) is 0 Å². The standard InChI is InChI=1S/C19H19N5O3/c1-13(2)11-27-19(26)14-5-3-4-6-15(14)21-18(25)16-7-8-17(23-22-16)24-10-9-20-12-24/h3-10,12-13H,11H2,1-2H3,(H,21,25). The quantitative estimate of drug-likeness (QED) is 0.674. The van der Waals surface area contributed by atoms with Crippen molar-refractivity contribution in [2.75, 3.05) is 11.9 Å². The first kappa shape index (κ1) is 18.2. The van der Waals surface area contributed by atoms with E-state index < -0.39 is 11.9 Å². The van der Waals surface area contributed by atoms with E-state index in [4.69, 9.17) is 4.74 Å². The van der Waals surface area contributed by atoms with E-state index >= 15 is 0 Å². The SMILES string of the molecule is CC(C)COC(=O)c1ccccc1NC(=O)c1ccc(-n2ccnc2)nn1. The first-order valence-corrected chi connectivity index (χ1v) is 8.44. The normalized spacial score (nSPS) is 10.6. The number of nitrogens with one attached hydrogen (secondary N) is 1. The second-order valence-corrected chi connectivity index (χ2v) is 6.24. The van der Waals surface area contributed by atoms with Crippen LogP contribution in [0.25, 0.3) is 5.82 Å². The Hall–Kier alpha value is -3.55. The van der Waals surface area contributed by atoms with Crippen molar-refractivity contribution < 1.29 is 14.3 Å². The molecule has 0 spiro atoms. The van der Waals surface area contributed by atoms with Gasteiger partial charge in [-0.05, 0) is 30.2 Å². The molecule has 0 atom stereocenters. The molecule has 0 saturated heterocycles. The maximum absolute atomic E-state index is 12.5. The number of carbonyl (C=O) groups is 2. The van der Waals surface area contributed by atoms with E-state index in [0.29, 0.717) is 18.1 Å². The summed E-state index contributed by atoms with van der Waals surface area (Å²) in [5.74, 6) is -0.188. The number of esters is 1. The van der Waals surface area contributed by atoms with Gasteiger partial charge in [0.2, 0.25) is 0 Å². The molecule has 27 heavy (non-hydrogen) atoms. The number of para-hydroxylation sites is 1. The molecular formula is C19H19N5O3. The Morgan fingerprint density at radius 1 is 1.15 bits per heavy atom. The molecule has 3 rings (SSSR count). The molecule has 138 valence electrons. The van der Waals surface area contributed by atoms with Crippen molar-refractivity contribution in [2.24, 2.45) is 5.92 Å². The van der Waals surface area contributed by atoms with Gasteiger partial charge in [-0.3, -0.25) is 9.36 Å². The van der Waals surface area contributed by atoms with Crippen molar-refractivity contribution in [1.82, 2.24) is 19.7 Å². The largest absolute Gasteiger partial charge is 0.462 e. The second kappa shape index (κ2) is 8.22. The van der Waals surface area contributed by atoms with Crippen molar-refractivity contribution in [3.8, 4) is 5.82 Å². The number of aromatic nitrogens is 4. The van der Waals surface area contributed by atoms with Crippen molar-refractivity contribution >= 4 is 17.6 Å². The smallest absolute Gasteiger partial charge is 0.340 e. The van der Waals surface area contributed by atoms with Crippen molar-refractivity contribution in [3.05, 3.63) is 66.4 Å². The minimum atomic E-state index is -0.485. The van der Waals surface area contributed by atoms with Crippen molar-refractivity contribution in [3.63, 3.8) is 0 Å². The number of imidazole rings is 1. The van der Waals surface area contributed by atoms with Gasteiger partial charge in [0.1, 0.15) is 6.33 Å². The first-order valence-electron chi connectivity index (χ1n) is 8.44. The van der Waals surface area contributed by atoms with Gasteiger partial charge in [-0.2, -0.15) is 0 Å². The van der Waals surface area contributed by atoms with E-state index in [1.807, 2.05) is 13.8 Å². The summed E-state index contributed by atoms with van der Waals surface area (Å²) in [5, 5.41) is 10.6. The zero-order valence-corrected chi connectivity index (χ0v) is 15.0. The monoisotopic (exact) mass is 365 g/mol. The van der Waals surface area contributed by atoms with E-state index in [0.717, 1.165) is 0 Å². The summed E-state index contributed by atoms with van der Waals surface area (Å²) in [6.45, 7) is 4.21. The molecule has 1 aromatic carbocycles. The minimum absolute atomic E-state index is 0.129. The molecule has 0 saturated carbocycles. The molecule has 0 bridgehead atoms. The summed E-state index contributed by atoms with van der Waals surface area (Å²) in [6, 6.07) is 9.89. The third kappa shape index (κ3) is 4.55. The molecule has 0 fully saturated rings. The number of anilines is 1. The summed E-state index contributed by atoms with van der Waals surface area (Å²) in [7, 11) is 0. The van der Waals surface area contributed by atoms with Crippen molar-refractivity contribution in [2.45, 2.75) is 13.8 Å². The number of hydrogen-bond acceptors (Lipinski definition) is 6. The zero-order chi connectivity index (χ0) is 19.2. The van der Waals surface area contributed by atoms with E-state index in [1.54, 1.807) is 59.7 Å². The fraction of sp³-hybridized carbons (Fsp3) is 0.211. The Morgan fingerprint density at radius 2 is 1.96 bits per heavy atom. The lowest BCUT2D eigenvalue weighted by Crippen LogP contribution is -2.18. The van der Waals surface area contributed by atoms with E-state index in [9.17, 15) is 9.59 Å². The maximum atomic E-state index is 12.5. The van der Waals surface area contributed by atoms with Crippen molar-refractivity contribution in [1.29, 1.82) is 0 Å². The lowest BCUT2D eigenvalue weighted by molar-refractivity contribution is 0.0460. The molecule has 0 aliphatic carbocycles.